The van der Waals surface area contributed by atoms with Crippen LogP contribution in [0.3, 0.4) is 0 Å². The van der Waals surface area contributed by atoms with E-state index in [4.69, 9.17) is 0 Å². The summed E-state index contributed by atoms with van der Waals surface area (Å²) >= 11 is 0. The number of carbonyl (C=O) groups is 2. The first-order chi connectivity index (χ1) is 9.88. The van der Waals surface area contributed by atoms with Crippen molar-refractivity contribution in [2.75, 3.05) is 5.32 Å². The molecule has 0 bridgehead atoms. The fraction of sp³-hybridized carbons (Fsp3) is 0.0667. The van der Waals surface area contributed by atoms with Crippen LogP contribution >= 0.6 is 0 Å². The third kappa shape index (κ3) is 3.28. The lowest BCUT2D eigenvalue weighted by molar-refractivity contribution is 0.101. The molecule has 3 nitrogen and oxygen atoms in total. The van der Waals surface area contributed by atoms with Gasteiger partial charge < -0.3 is 5.32 Å². The zero-order valence-corrected chi connectivity index (χ0v) is 10.9. The van der Waals surface area contributed by atoms with Gasteiger partial charge in [0.05, 0.1) is 0 Å². The Morgan fingerprint density at radius 1 is 0.905 bits per heavy atom. The molecule has 0 aliphatic heterocycles. The average molecular weight is 293 g/mol. The Labute approximate surface area is 118 Å². The third-order valence-corrected chi connectivity index (χ3v) is 2.80. The van der Waals surface area contributed by atoms with Crippen LogP contribution in [0, 0.1) is 17.5 Å². The first-order valence-corrected chi connectivity index (χ1v) is 5.95. The lowest BCUT2D eigenvalue weighted by atomic mass is 10.1. The predicted molar refractivity (Wildman–Crippen MR) is 70.7 cm³/mol. The molecule has 0 fully saturated rings. The summed E-state index contributed by atoms with van der Waals surface area (Å²) in [5.41, 5.74) is 0.462. The largest absolute Gasteiger partial charge is 0.322 e. The second kappa shape index (κ2) is 5.78. The van der Waals surface area contributed by atoms with E-state index in [-0.39, 0.29) is 11.3 Å². The van der Waals surface area contributed by atoms with Crippen LogP contribution in [0.15, 0.2) is 36.4 Å². The Morgan fingerprint density at radius 3 is 1.90 bits per heavy atom. The van der Waals surface area contributed by atoms with E-state index in [2.05, 4.69) is 5.32 Å². The monoisotopic (exact) mass is 293 g/mol. The molecule has 0 radical (unpaired) electrons. The summed E-state index contributed by atoms with van der Waals surface area (Å²) in [7, 11) is 0. The van der Waals surface area contributed by atoms with Gasteiger partial charge in [-0.2, -0.15) is 0 Å². The Bertz CT molecular complexity index is 688. The van der Waals surface area contributed by atoms with Gasteiger partial charge in [0.1, 0.15) is 0 Å². The number of benzene rings is 2. The Balaban J connectivity index is 2.20. The number of amides is 1. The van der Waals surface area contributed by atoms with Gasteiger partial charge in [0.15, 0.2) is 23.2 Å². The van der Waals surface area contributed by atoms with E-state index in [1.54, 1.807) is 0 Å². The van der Waals surface area contributed by atoms with Crippen molar-refractivity contribution in [3.63, 3.8) is 0 Å². The molecule has 1 amide bonds. The lowest BCUT2D eigenvalue weighted by Crippen LogP contribution is -2.13. The first kappa shape index (κ1) is 14.8. The number of carbonyl (C=O) groups excluding carboxylic acids is 2. The predicted octanol–water partition coefficient (Wildman–Crippen LogP) is 3.56. The second-order valence-corrected chi connectivity index (χ2v) is 4.34. The van der Waals surface area contributed by atoms with Gasteiger partial charge in [-0.25, -0.2) is 13.2 Å². The number of nitrogens with one attached hydrogen (secondary N) is 1. The van der Waals surface area contributed by atoms with Crippen LogP contribution in [0.1, 0.15) is 27.6 Å². The van der Waals surface area contributed by atoms with Crippen molar-refractivity contribution in [1.82, 2.24) is 0 Å². The van der Waals surface area contributed by atoms with Gasteiger partial charge >= 0.3 is 0 Å². The minimum absolute atomic E-state index is 0.129. The molecule has 0 aliphatic rings. The van der Waals surface area contributed by atoms with E-state index in [1.807, 2.05) is 0 Å². The lowest BCUT2D eigenvalue weighted by Gasteiger charge is -2.06. The number of rotatable bonds is 3. The molecule has 0 aliphatic carbocycles. The number of hydrogen-bond donors (Lipinski definition) is 1. The molecule has 2 aromatic carbocycles. The van der Waals surface area contributed by atoms with E-state index < -0.39 is 23.4 Å². The van der Waals surface area contributed by atoms with Gasteiger partial charge in [-0.3, -0.25) is 9.59 Å². The molecule has 0 unspecified atom stereocenters. The molecule has 0 heterocycles. The molecule has 2 aromatic rings. The standard InChI is InChI=1S/C15H10F3NO2/c1-8(20)9-2-4-11(5-3-9)19-15(21)10-6-12(16)14(18)13(17)7-10/h2-7H,1H3,(H,19,21). The van der Waals surface area contributed by atoms with Crippen LogP contribution < -0.4 is 5.32 Å². The molecule has 0 saturated heterocycles. The van der Waals surface area contributed by atoms with Crippen LogP contribution in [-0.4, -0.2) is 11.7 Å². The highest BCUT2D eigenvalue weighted by Crippen LogP contribution is 2.16. The molecule has 0 saturated carbocycles. The smallest absolute Gasteiger partial charge is 0.255 e. The van der Waals surface area contributed by atoms with E-state index in [1.165, 1.54) is 31.2 Å². The second-order valence-electron chi connectivity index (χ2n) is 4.34. The summed E-state index contributed by atoms with van der Waals surface area (Å²) in [6.07, 6.45) is 0. The molecule has 2 rings (SSSR count). The zero-order valence-electron chi connectivity index (χ0n) is 10.9. The summed E-state index contributed by atoms with van der Waals surface area (Å²) in [5.74, 6) is -5.42. The van der Waals surface area contributed by atoms with E-state index >= 15 is 0 Å². The van der Waals surface area contributed by atoms with Gasteiger partial charge in [0, 0.05) is 16.8 Å². The Morgan fingerprint density at radius 2 is 1.43 bits per heavy atom. The van der Waals surface area contributed by atoms with Crippen molar-refractivity contribution in [1.29, 1.82) is 0 Å². The molecule has 6 heteroatoms. The average Bonchev–Trinajstić information content (AvgIpc) is 2.44. The van der Waals surface area contributed by atoms with Crippen LogP contribution in [0.5, 0.6) is 0 Å². The van der Waals surface area contributed by atoms with Gasteiger partial charge in [-0.1, -0.05) is 0 Å². The topological polar surface area (TPSA) is 46.2 Å². The van der Waals surface area contributed by atoms with E-state index in [0.717, 1.165) is 0 Å². The maximum Gasteiger partial charge on any atom is 0.255 e. The van der Waals surface area contributed by atoms with Crippen molar-refractivity contribution >= 4 is 17.4 Å². The number of Topliss-reactive ketones (excluding diaryl/α,β-unsaturated/α-hetero) is 1. The summed E-state index contributed by atoms with van der Waals surface area (Å²) < 4.78 is 38.9. The van der Waals surface area contributed by atoms with Crippen molar-refractivity contribution in [3.05, 3.63) is 65.0 Å². The van der Waals surface area contributed by atoms with Crippen molar-refractivity contribution in [2.45, 2.75) is 6.92 Å². The van der Waals surface area contributed by atoms with Crippen LogP contribution in [-0.2, 0) is 0 Å². The van der Waals surface area contributed by atoms with E-state index in [0.29, 0.717) is 23.4 Å². The maximum absolute atomic E-state index is 13.0. The SMILES string of the molecule is CC(=O)c1ccc(NC(=O)c2cc(F)c(F)c(F)c2)cc1. The zero-order chi connectivity index (χ0) is 15.6. The minimum atomic E-state index is -1.63. The van der Waals surface area contributed by atoms with Gasteiger partial charge in [-0.05, 0) is 43.3 Å². The minimum Gasteiger partial charge on any atom is -0.322 e. The Kier molecular flexibility index (Phi) is 4.07. The summed E-state index contributed by atoms with van der Waals surface area (Å²) in [5, 5.41) is 2.39. The summed E-state index contributed by atoms with van der Waals surface area (Å²) in [6, 6.07) is 7.18. The number of hydrogen-bond acceptors (Lipinski definition) is 2. The molecule has 108 valence electrons. The van der Waals surface area contributed by atoms with E-state index in [9.17, 15) is 22.8 Å². The fourth-order valence-corrected chi connectivity index (χ4v) is 1.68. The Hall–Kier alpha value is -2.63. The molecule has 0 aromatic heterocycles. The fourth-order valence-electron chi connectivity index (χ4n) is 1.68. The quantitative estimate of drug-likeness (QED) is 0.694. The van der Waals surface area contributed by atoms with Crippen LogP contribution in [0.25, 0.3) is 0 Å². The van der Waals surface area contributed by atoms with Gasteiger partial charge in [0.25, 0.3) is 5.91 Å². The summed E-state index contributed by atoms with van der Waals surface area (Å²) in [4.78, 5) is 22.9. The highest BCUT2D eigenvalue weighted by molar-refractivity contribution is 6.04. The van der Waals surface area contributed by atoms with Crippen molar-refractivity contribution < 1.29 is 22.8 Å². The number of anilines is 1. The molecule has 0 spiro atoms. The first-order valence-electron chi connectivity index (χ1n) is 5.95. The molecule has 1 N–H and O–H groups in total. The highest BCUT2D eigenvalue weighted by Gasteiger charge is 2.15. The summed E-state index contributed by atoms with van der Waals surface area (Å²) in [6.45, 7) is 1.40. The normalized spacial score (nSPS) is 10.3. The highest BCUT2D eigenvalue weighted by atomic mass is 19.2. The van der Waals surface area contributed by atoms with Crippen molar-refractivity contribution in [2.24, 2.45) is 0 Å². The molecular weight excluding hydrogens is 283 g/mol. The van der Waals surface area contributed by atoms with Crippen molar-refractivity contribution in [3.8, 4) is 0 Å². The molecular formula is C15H10F3NO2. The third-order valence-electron chi connectivity index (χ3n) is 2.80. The number of ketones is 1. The molecule has 0 atom stereocenters. The van der Waals surface area contributed by atoms with Gasteiger partial charge in [-0.15, -0.1) is 0 Å². The molecule has 21 heavy (non-hydrogen) atoms. The maximum atomic E-state index is 13.0. The van der Waals surface area contributed by atoms with Gasteiger partial charge in [0.2, 0.25) is 0 Å². The number of halogens is 3. The van der Waals surface area contributed by atoms with Crippen LogP contribution in [0.4, 0.5) is 18.9 Å². The van der Waals surface area contributed by atoms with Crippen LogP contribution in [0.2, 0.25) is 0 Å².